The molecule has 12 nitrogen and oxygen atoms in total. The lowest BCUT2D eigenvalue weighted by atomic mass is 9.88. The van der Waals surface area contributed by atoms with Gasteiger partial charge in [0.15, 0.2) is 5.78 Å². The molecule has 5 N–H and O–H groups in total. The zero-order chi connectivity index (χ0) is 40.0. The molecule has 3 heterocycles. The number of carbonyl (C=O) groups excluding carboxylic acids is 2. The molecule has 57 heavy (non-hydrogen) atoms. The third-order valence-electron chi connectivity index (χ3n) is 9.85. The largest absolute Gasteiger partial charge is 0.478 e. The number of aromatic nitrogens is 2. The smallest absolute Gasteiger partial charge is 0.356 e. The maximum atomic E-state index is 14.0. The number of methoxy groups -OCH3 is 1. The molecule has 0 spiro atoms. The molecule has 4 aromatic carbocycles. The van der Waals surface area contributed by atoms with Crippen molar-refractivity contribution in [1.82, 2.24) is 9.97 Å². The normalized spacial score (nSPS) is 11.3. The number of anilines is 3. The summed E-state index contributed by atoms with van der Waals surface area (Å²) in [6.45, 7) is 1.49. The molecule has 1 aliphatic carbocycles. The first-order chi connectivity index (χ1) is 27.5. The molecular formula is C44H32ClN5O7. The van der Waals surface area contributed by atoms with Crippen LogP contribution in [0.3, 0.4) is 0 Å². The van der Waals surface area contributed by atoms with Gasteiger partial charge in [-0.3, -0.25) is 9.59 Å². The quantitative estimate of drug-likeness (QED) is 0.0448. The van der Waals surface area contributed by atoms with E-state index < -0.39 is 17.4 Å². The first-order valence-electron chi connectivity index (χ1n) is 17.7. The number of fused-ring (bicyclic) bond motifs is 4. The van der Waals surface area contributed by atoms with Crippen molar-refractivity contribution in [1.29, 1.82) is 0 Å². The number of benzene rings is 5. The van der Waals surface area contributed by atoms with E-state index in [0.29, 0.717) is 67.0 Å². The number of para-hydroxylation sites is 2. The number of nitrogens with zero attached hydrogens (tertiary/aromatic N) is 2. The van der Waals surface area contributed by atoms with Gasteiger partial charge in [0.05, 0.1) is 45.7 Å². The van der Waals surface area contributed by atoms with Gasteiger partial charge in [-0.2, -0.15) is 0 Å². The molecule has 2 aliphatic rings. The van der Waals surface area contributed by atoms with Crippen LogP contribution in [0.1, 0.15) is 49.4 Å². The van der Waals surface area contributed by atoms with E-state index in [4.69, 9.17) is 26.5 Å². The fraction of sp³-hybridized carbons (Fsp3) is 0.0909. The number of pyridine rings is 2. The highest BCUT2D eigenvalue weighted by atomic mass is 35.5. The Hall–Kier alpha value is -7.31. The van der Waals surface area contributed by atoms with Crippen molar-refractivity contribution >= 4 is 79.2 Å². The van der Waals surface area contributed by atoms with Crippen LogP contribution in [0.4, 0.5) is 17.1 Å². The third-order valence-corrected chi connectivity index (χ3v) is 10.1. The number of ether oxygens (including phenoxy) is 1. The summed E-state index contributed by atoms with van der Waals surface area (Å²) in [6, 6.07) is 29.4. The van der Waals surface area contributed by atoms with E-state index in [2.05, 4.69) is 20.6 Å². The number of hydrogen-bond donors (Lipinski definition) is 4. The summed E-state index contributed by atoms with van der Waals surface area (Å²) in [6.07, 6.45) is 0. The summed E-state index contributed by atoms with van der Waals surface area (Å²) >= 11 is 6.69. The Labute approximate surface area is 329 Å². The van der Waals surface area contributed by atoms with E-state index in [9.17, 15) is 24.3 Å². The maximum absolute atomic E-state index is 14.0. The van der Waals surface area contributed by atoms with Crippen LogP contribution in [-0.4, -0.2) is 39.9 Å². The van der Waals surface area contributed by atoms with Crippen LogP contribution in [0.15, 0.2) is 112 Å². The van der Waals surface area contributed by atoms with Gasteiger partial charge in [0.2, 0.25) is 5.43 Å². The molecule has 0 radical (unpaired) electrons. The molecule has 1 aliphatic heterocycles. The zero-order valence-corrected chi connectivity index (χ0v) is 31.2. The van der Waals surface area contributed by atoms with Crippen LogP contribution in [0.2, 0.25) is 5.02 Å². The molecule has 0 saturated heterocycles. The van der Waals surface area contributed by atoms with Crippen LogP contribution in [-0.2, 0) is 17.8 Å². The molecule has 8 rings (SSSR count). The summed E-state index contributed by atoms with van der Waals surface area (Å²) in [4.78, 5) is 60.3. The van der Waals surface area contributed by atoms with Crippen LogP contribution < -0.4 is 21.8 Å². The van der Waals surface area contributed by atoms with Gasteiger partial charge in [0.1, 0.15) is 22.7 Å². The van der Waals surface area contributed by atoms with Gasteiger partial charge < -0.3 is 30.6 Å². The summed E-state index contributed by atoms with van der Waals surface area (Å²) in [5.74, 6) is -1.76. The highest BCUT2D eigenvalue weighted by Crippen LogP contribution is 2.45. The van der Waals surface area contributed by atoms with Crippen LogP contribution >= 0.6 is 11.6 Å². The Kier molecular flexibility index (Phi) is 9.48. The lowest BCUT2D eigenvalue weighted by Crippen LogP contribution is -2.17. The van der Waals surface area contributed by atoms with Crippen molar-refractivity contribution in [3.8, 4) is 22.5 Å². The molecule has 13 heteroatoms. The van der Waals surface area contributed by atoms with Crippen LogP contribution in [0.25, 0.3) is 55.2 Å². The van der Waals surface area contributed by atoms with Crippen LogP contribution in [0, 0.1) is 0 Å². The number of rotatable bonds is 10. The Morgan fingerprint density at radius 1 is 0.789 bits per heavy atom. The van der Waals surface area contributed by atoms with Crippen molar-refractivity contribution in [2.75, 3.05) is 23.5 Å². The Balaban J connectivity index is 1.33. The number of nitrogen functional groups attached to an aromatic ring is 1. The lowest BCUT2D eigenvalue weighted by Gasteiger charge is -2.22. The molecule has 0 atom stereocenters. The first kappa shape index (κ1) is 36.7. The van der Waals surface area contributed by atoms with Gasteiger partial charge in [-0.05, 0) is 54.1 Å². The second-order valence-electron chi connectivity index (χ2n) is 13.3. The number of hydrogen-bond acceptors (Lipinski definition) is 11. The number of halogens is 1. The highest BCUT2D eigenvalue weighted by molar-refractivity contribution is 6.31. The standard InChI is InChI=1S/C44H32ClN5O7/c1-22(51)33-17-13-23-7-5-11-34(38(23)49-33)47-20-29-32(46)16-15-27-37(25-9-3-4-10-26(25)43(53)54)28-19-31(45)40(52)30(42(28)57-41(27)29)21-48-35-12-6-8-24-14-18-36(44(55)56-2)50-39(24)35/h3-19,47-48H,20-21,46H2,1-2H3,(H,53,54). The van der Waals surface area contributed by atoms with E-state index in [0.717, 1.165) is 10.8 Å². The van der Waals surface area contributed by atoms with Gasteiger partial charge in [0, 0.05) is 58.5 Å². The topological polar surface area (TPSA) is 187 Å². The van der Waals surface area contributed by atoms with E-state index in [1.165, 1.54) is 26.2 Å². The second-order valence-corrected chi connectivity index (χ2v) is 13.7. The number of nitrogens with one attached hydrogen (secondary N) is 2. The predicted molar refractivity (Wildman–Crippen MR) is 220 cm³/mol. The van der Waals surface area contributed by atoms with E-state index in [1.54, 1.807) is 54.6 Å². The minimum Gasteiger partial charge on any atom is -0.478 e. The van der Waals surface area contributed by atoms with E-state index in [1.807, 2.05) is 36.4 Å². The predicted octanol–water partition coefficient (Wildman–Crippen LogP) is 8.81. The van der Waals surface area contributed by atoms with E-state index >= 15 is 0 Å². The molecule has 6 aromatic rings. The molecule has 0 unspecified atom stereocenters. The minimum absolute atomic E-state index is 0.0242. The number of carboxylic acids is 1. The van der Waals surface area contributed by atoms with Gasteiger partial charge in [-0.1, -0.05) is 66.2 Å². The third kappa shape index (κ3) is 6.61. The number of ketones is 1. The minimum atomic E-state index is -1.15. The number of aromatic carboxylic acids is 1. The lowest BCUT2D eigenvalue weighted by molar-refractivity contribution is 0.0593. The summed E-state index contributed by atoms with van der Waals surface area (Å²) in [5, 5.41) is 19.0. The fourth-order valence-electron chi connectivity index (χ4n) is 7.06. The molecule has 0 bridgehead atoms. The van der Waals surface area contributed by atoms with Gasteiger partial charge >= 0.3 is 11.9 Å². The van der Waals surface area contributed by atoms with E-state index in [-0.39, 0.29) is 46.5 Å². The fourth-order valence-corrected chi connectivity index (χ4v) is 7.28. The molecule has 0 fully saturated rings. The second kappa shape index (κ2) is 14.7. The Bertz CT molecular complexity index is 3000. The monoisotopic (exact) mass is 777 g/mol. The van der Waals surface area contributed by atoms with Crippen molar-refractivity contribution in [2.24, 2.45) is 0 Å². The number of nitrogens with two attached hydrogens (primary N) is 1. The van der Waals surface area contributed by atoms with Crippen molar-refractivity contribution < 1.29 is 28.6 Å². The summed E-state index contributed by atoms with van der Waals surface area (Å²) in [7, 11) is 1.27. The first-order valence-corrected chi connectivity index (χ1v) is 18.1. The molecule has 0 amide bonds. The SMILES string of the molecule is COC(=O)c1ccc2cccc(NCc3c4oc5c(CNc6cccc7ccc(C(C)=O)nc67)c(N)ccc5c(-c5ccccc5C(=O)O)c-4cc(Cl)c3=O)c2n1. The average molecular weight is 778 g/mol. The van der Waals surface area contributed by atoms with Gasteiger partial charge in [-0.25, -0.2) is 19.6 Å². The molecule has 0 saturated carbocycles. The highest BCUT2D eigenvalue weighted by Gasteiger charge is 2.28. The van der Waals surface area contributed by atoms with Crippen molar-refractivity contribution in [3.63, 3.8) is 0 Å². The molecule has 2 aromatic heterocycles. The zero-order valence-electron chi connectivity index (χ0n) is 30.5. The van der Waals surface area contributed by atoms with Gasteiger partial charge in [-0.15, -0.1) is 0 Å². The number of esters is 1. The summed E-state index contributed by atoms with van der Waals surface area (Å²) in [5.41, 5.74) is 11.4. The maximum Gasteiger partial charge on any atom is 0.356 e. The number of carbonyl (C=O) groups is 3. The van der Waals surface area contributed by atoms with Gasteiger partial charge in [0.25, 0.3) is 0 Å². The average Bonchev–Trinajstić information content (AvgIpc) is 3.22. The Morgan fingerprint density at radius 2 is 1.42 bits per heavy atom. The van der Waals surface area contributed by atoms with Crippen molar-refractivity contribution in [2.45, 2.75) is 20.0 Å². The van der Waals surface area contributed by atoms with Crippen LogP contribution in [0.5, 0.6) is 0 Å². The summed E-state index contributed by atoms with van der Waals surface area (Å²) < 4.78 is 11.6. The Morgan fingerprint density at radius 3 is 2.07 bits per heavy atom. The number of carboxylic acid groups (broad SMARTS) is 1. The van der Waals surface area contributed by atoms with Crippen molar-refractivity contribution in [3.05, 3.63) is 146 Å². The molecule has 282 valence electrons. The number of Topliss-reactive ketones (excluding diaryl/α,β-unsaturated/α-hetero) is 1. The molecular weight excluding hydrogens is 746 g/mol.